The molecular weight excluding hydrogens is 374 g/mol. The Morgan fingerprint density at radius 3 is 2.37 bits per heavy atom. The molecule has 27 heavy (non-hydrogen) atoms. The molecule has 9 nitrogen and oxygen atoms in total. The van der Waals surface area contributed by atoms with E-state index in [1.54, 1.807) is 0 Å². The third kappa shape index (κ3) is 5.19. The Kier molecular flexibility index (Phi) is 6.78. The van der Waals surface area contributed by atoms with E-state index in [9.17, 15) is 29.6 Å². The largest absolute Gasteiger partial charge is 0.480 e. The number of hydrogen-bond donors (Lipinski definition) is 3. The zero-order chi connectivity index (χ0) is 20.0. The molecule has 0 radical (unpaired) electrons. The van der Waals surface area contributed by atoms with Gasteiger partial charge in [0.15, 0.2) is 0 Å². The molecule has 0 aromatic heterocycles. The molecule has 10 heteroatoms. The number of benzene rings is 1. The highest BCUT2D eigenvalue weighted by atomic mass is 32.2. The van der Waals surface area contributed by atoms with Crippen molar-refractivity contribution in [1.29, 1.82) is 0 Å². The molecule has 0 bridgehead atoms. The Morgan fingerprint density at radius 2 is 1.85 bits per heavy atom. The number of nitrogens with zero attached hydrogens (tertiary/aromatic N) is 1. The second kappa shape index (κ2) is 8.85. The quantitative estimate of drug-likeness (QED) is 0.276. The van der Waals surface area contributed by atoms with E-state index in [1.807, 2.05) is 0 Å². The SMILES string of the molecule is NC(=O)c1ccc(SCC(=O)NC2(C(=O)O)CCCCCC2)c([N+](=O)[O-])c1. The van der Waals surface area contributed by atoms with Crippen molar-refractivity contribution in [2.75, 3.05) is 5.75 Å². The van der Waals surface area contributed by atoms with Crippen LogP contribution in [-0.4, -0.2) is 39.1 Å². The molecule has 1 saturated carbocycles. The molecule has 1 aliphatic carbocycles. The lowest BCUT2D eigenvalue weighted by molar-refractivity contribution is -0.387. The smallest absolute Gasteiger partial charge is 0.329 e. The van der Waals surface area contributed by atoms with Gasteiger partial charge in [-0.25, -0.2) is 4.79 Å². The molecule has 0 aliphatic heterocycles. The van der Waals surface area contributed by atoms with Crippen LogP contribution in [0.1, 0.15) is 48.9 Å². The minimum atomic E-state index is -1.28. The standard InChI is InChI=1S/C17H21N3O6S/c18-15(22)11-5-6-13(12(9-11)20(25)26)27-10-14(21)19-17(16(23)24)7-3-1-2-4-8-17/h5-6,9H,1-4,7-8,10H2,(H2,18,22)(H,19,21)(H,23,24). The number of thioether (sulfide) groups is 1. The van der Waals surface area contributed by atoms with Crippen molar-refractivity contribution in [1.82, 2.24) is 5.32 Å². The molecule has 0 saturated heterocycles. The van der Waals surface area contributed by atoms with Gasteiger partial charge in [0.05, 0.1) is 15.6 Å². The van der Waals surface area contributed by atoms with Crippen molar-refractivity contribution in [2.45, 2.75) is 49.0 Å². The van der Waals surface area contributed by atoms with E-state index in [4.69, 9.17) is 5.73 Å². The summed E-state index contributed by atoms with van der Waals surface area (Å²) in [5, 5.41) is 23.4. The maximum Gasteiger partial charge on any atom is 0.329 e. The lowest BCUT2D eigenvalue weighted by atomic mass is 9.90. The van der Waals surface area contributed by atoms with Crippen LogP contribution in [0, 0.1) is 10.1 Å². The van der Waals surface area contributed by atoms with Crippen LogP contribution in [0.15, 0.2) is 23.1 Å². The van der Waals surface area contributed by atoms with Gasteiger partial charge in [-0.05, 0) is 25.0 Å². The third-order valence-electron chi connectivity index (χ3n) is 4.54. The van der Waals surface area contributed by atoms with Gasteiger partial charge in [0.25, 0.3) is 5.69 Å². The summed E-state index contributed by atoms with van der Waals surface area (Å²) in [4.78, 5) is 46.0. The molecule has 1 aromatic carbocycles. The number of nitro benzene ring substituents is 1. The summed E-state index contributed by atoms with van der Waals surface area (Å²) in [6.07, 6.45) is 4.04. The molecule has 1 aliphatic rings. The lowest BCUT2D eigenvalue weighted by Crippen LogP contribution is -2.54. The zero-order valence-corrected chi connectivity index (χ0v) is 15.4. The number of carbonyl (C=O) groups is 3. The monoisotopic (exact) mass is 395 g/mol. The number of rotatable bonds is 7. The van der Waals surface area contributed by atoms with Crippen molar-refractivity contribution in [3.05, 3.63) is 33.9 Å². The maximum atomic E-state index is 12.3. The summed E-state index contributed by atoms with van der Waals surface area (Å²) in [7, 11) is 0. The average Bonchev–Trinajstić information content (AvgIpc) is 2.86. The predicted octanol–water partition coefficient (Wildman–Crippen LogP) is 2.08. The van der Waals surface area contributed by atoms with Gasteiger partial charge >= 0.3 is 5.97 Å². The summed E-state index contributed by atoms with van der Waals surface area (Å²) in [6, 6.07) is 3.76. The summed E-state index contributed by atoms with van der Waals surface area (Å²) in [5.74, 6) is -2.52. The number of carboxylic acids is 1. The highest BCUT2D eigenvalue weighted by Gasteiger charge is 2.40. The van der Waals surface area contributed by atoms with E-state index in [0.29, 0.717) is 12.8 Å². The molecule has 2 rings (SSSR count). The van der Waals surface area contributed by atoms with Crippen LogP contribution in [-0.2, 0) is 9.59 Å². The Bertz CT molecular complexity index is 759. The molecule has 1 fully saturated rings. The van der Waals surface area contributed by atoms with Gasteiger partial charge < -0.3 is 16.2 Å². The molecular formula is C17H21N3O6S. The highest BCUT2D eigenvalue weighted by Crippen LogP contribution is 2.31. The summed E-state index contributed by atoms with van der Waals surface area (Å²) >= 11 is 0.909. The Balaban J connectivity index is 2.09. The number of nitrogens with two attached hydrogens (primary N) is 1. The number of carbonyl (C=O) groups excluding carboxylic acids is 2. The van der Waals surface area contributed by atoms with Crippen LogP contribution in [0.25, 0.3) is 0 Å². The van der Waals surface area contributed by atoms with E-state index >= 15 is 0 Å². The Hall–Kier alpha value is -2.62. The molecule has 0 unspecified atom stereocenters. The summed E-state index contributed by atoms with van der Waals surface area (Å²) < 4.78 is 0. The lowest BCUT2D eigenvalue weighted by Gasteiger charge is -2.29. The van der Waals surface area contributed by atoms with E-state index < -0.39 is 28.2 Å². The topological polar surface area (TPSA) is 153 Å². The number of aliphatic carboxylic acids is 1. The first-order chi connectivity index (χ1) is 12.7. The van der Waals surface area contributed by atoms with Gasteiger partial charge in [0.2, 0.25) is 11.8 Å². The minimum Gasteiger partial charge on any atom is -0.480 e. The van der Waals surface area contributed by atoms with E-state index in [0.717, 1.165) is 43.5 Å². The number of nitrogens with one attached hydrogen (secondary N) is 1. The maximum absolute atomic E-state index is 12.3. The second-order valence-corrected chi connectivity index (χ2v) is 7.46. The molecule has 1 aromatic rings. The van der Waals surface area contributed by atoms with E-state index in [1.165, 1.54) is 12.1 Å². The van der Waals surface area contributed by atoms with Crippen LogP contribution in [0.2, 0.25) is 0 Å². The third-order valence-corrected chi connectivity index (χ3v) is 5.61. The van der Waals surface area contributed by atoms with Gasteiger partial charge in [-0.15, -0.1) is 11.8 Å². The first-order valence-electron chi connectivity index (χ1n) is 8.50. The fraction of sp³-hybridized carbons (Fsp3) is 0.471. The fourth-order valence-corrected chi connectivity index (χ4v) is 3.91. The van der Waals surface area contributed by atoms with Crippen molar-refractivity contribution in [3.8, 4) is 0 Å². The van der Waals surface area contributed by atoms with Gasteiger partial charge in [-0.3, -0.25) is 19.7 Å². The van der Waals surface area contributed by atoms with Gasteiger partial charge in [0.1, 0.15) is 5.54 Å². The van der Waals surface area contributed by atoms with Gasteiger partial charge in [0, 0.05) is 11.6 Å². The molecule has 2 amide bonds. The molecule has 146 valence electrons. The van der Waals surface area contributed by atoms with Gasteiger partial charge in [-0.1, -0.05) is 25.7 Å². The van der Waals surface area contributed by atoms with Crippen molar-refractivity contribution in [2.24, 2.45) is 5.73 Å². The van der Waals surface area contributed by atoms with Crippen LogP contribution < -0.4 is 11.1 Å². The minimum absolute atomic E-state index is 0.00112. The Labute approximate surface area is 159 Å². The predicted molar refractivity (Wildman–Crippen MR) is 98.5 cm³/mol. The van der Waals surface area contributed by atoms with Crippen molar-refractivity contribution >= 4 is 35.2 Å². The molecule has 0 heterocycles. The first-order valence-corrected chi connectivity index (χ1v) is 9.49. The highest BCUT2D eigenvalue weighted by molar-refractivity contribution is 8.00. The number of amides is 2. The van der Waals surface area contributed by atoms with E-state index in [-0.39, 0.29) is 21.9 Å². The summed E-state index contributed by atoms with van der Waals surface area (Å²) in [6.45, 7) is 0. The van der Waals surface area contributed by atoms with Crippen molar-refractivity contribution in [3.63, 3.8) is 0 Å². The van der Waals surface area contributed by atoms with Crippen LogP contribution in [0.3, 0.4) is 0 Å². The average molecular weight is 395 g/mol. The van der Waals surface area contributed by atoms with Crippen molar-refractivity contribution < 1.29 is 24.4 Å². The van der Waals surface area contributed by atoms with E-state index in [2.05, 4.69) is 5.32 Å². The Morgan fingerprint density at radius 1 is 1.22 bits per heavy atom. The molecule has 0 spiro atoms. The number of carboxylic acid groups (broad SMARTS) is 1. The number of nitro groups is 1. The fourth-order valence-electron chi connectivity index (χ4n) is 3.11. The van der Waals surface area contributed by atoms with Crippen LogP contribution in [0.5, 0.6) is 0 Å². The van der Waals surface area contributed by atoms with Crippen LogP contribution >= 0.6 is 11.8 Å². The second-order valence-electron chi connectivity index (χ2n) is 6.44. The number of primary amides is 1. The summed E-state index contributed by atoms with van der Waals surface area (Å²) in [5.41, 5.74) is 3.52. The number of hydrogen-bond acceptors (Lipinski definition) is 6. The van der Waals surface area contributed by atoms with Gasteiger partial charge in [-0.2, -0.15) is 0 Å². The zero-order valence-electron chi connectivity index (χ0n) is 14.6. The van der Waals surface area contributed by atoms with Crippen LogP contribution in [0.4, 0.5) is 5.69 Å². The molecule has 0 atom stereocenters. The normalized spacial score (nSPS) is 16.1. The molecule has 4 N–H and O–H groups in total. The first kappa shape index (κ1) is 20.7.